The number of halogens is 1. The third-order valence-corrected chi connectivity index (χ3v) is 4.14. The molecule has 6 heteroatoms. The van der Waals surface area contributed by atoms with E-state index in [0.717, 1.165) is 12.2 Å². The van der Waals surface area contributed by atoms with Crippen molar-refractivity contribution in [2.75, 3.05) is 18.1 Å². The number of hydrogen-bond acceptors (Lipinski definition) is 4. The number of carbonyl (C=O) groups is 1. The lowest BCUT2D eigenvalue weighted by Crippen LogP contribution is -2.42. The fourth-order valence-electron chi connectivity index (χ4n) is 1.51. The Labute approximate surface area is 106 Å². The van der Waals surface area contributed by atoms with Crippen LogP contribution in [-0.4, -0.2) is 34.7 Å². The van der Waals surface area contributed by atoms with Crippen molar-refractivity contribution in [1.82, 2.24) is 5.32 Å². The van der Waals surface area contributed by atoms with Crippen LogP contribution in [0, 0.1) is 0 Å². The fraction of sp³-hybridized carbons (Fsp3) is 0.500. The van der Waals surface area contributed by atoms with Gasteiger partial charge in [0.2, 0.25) is 0 Å². The smallest absolute Gasteiger partial charge is 0.254 e. The molecular weight excluding hydrogens is 294 g/mol. The van der Waals surface area contributed by atoms with E-state index in [-0.39, 0.29) is 5.91 Å². The lowest BCUT2D eigenvalue weighted by Gasteiger charge is -2.21. The van der Waals surface area contributed by atoms with Gasteiger partial charge in [0.25, 0.3) is 5.91 Å². The SMILES string of the molecule is O=C(NCC1(O)CCSC1)c1coc(Br)c1. The van der Waals surface area contributed by atoms with Crippen molar-refractivity contribution < 1.29 is 14.3 Å². The van der Waals surface area contributed by atoms with Gasteiger partial charge >= 0.3 is 0 Å². The predicted molar refractivity (Wildman–Crippen MR) is 65.6 cm³/mol. The van der Waals surface area contributed by atoms with E-state index in [1.165, 1.54) is 6.26 Å². The number of nitrogens with one attached hydrogen (secondary N) is 1. The van der Waals surface area contributed by atoms with Crippen LogP contribution in [0.1, 0.15) is 16.8 Å². The van der Waals surface area contributed by atoms with E-state index in [1.807, 2.05) is 0 Å². The largest absolute Gasteiger partial charge is 0.457 e. The molecule has 1 aliphatic rings. The van der Waals surface area contributed by atoms with E-state index in [4.69, 9.17) is 4.42 Å². The highest BCUT2D eigenvalue weighted by molar-refractivity contribution is 9.10. The zero-order valence-corrected chi connectivity index (χ0v) is 10.9. The first kappa shape index (κ1) is 12.0. The molecule has 2 N–H and O–H groups in total. The maximum absolute atomic E-state index is 11.6. The second-order valence-corrected chi connectivity index (χ2v) is 5.74. The first-order valence-corrected chi connectivity index (χ1v) is 6.86. The average molecular weight is 306 g/mol. The van der Waals surface area contributed by atoms with Crippen LogP contribution in [-0.2, 0) is 0 Å². The standard InChI is InChI=1S/C10H12BrNO3S/c11-8-3-7(4-15-8)9(13)12-5-10(14)1-2-16-6-10/h3-4,14H,1-2,5-6H2,(H,12,13). The molecule has 1 unspecified atom stereocenters. The summed E-state index contributed by atoms with van der Waals surface area (Å²) in [6, 6.07) is 1.60. The van der Waals surface area contributed by atoms with Gasteiger partial charge in [0, 0.05) is 18.4 Å². The van der Waals surface area contributed by atoms with Gasteiger partial charge in [-0.05, 0) is 28.1 Å². The highest BCUT2D eigenvalue weighted by Gasteiger charge is 2.32. The van der Waals surface area contributed by atoms with Crippen LogP contribution >= 0.6 is 27.7 Å². The van der Waals surface area contributed by atoms with Crippen LogP contribution in [0.3, 0.4) is 0 Å². The first-order chi connectivity index (χ1) is 7.59. The van der Waals surface area contributed by atoms with Crippen LogP contribution in [0.5, 0.6) is 0 Å². The number of hydrogen-bond donors (Lipinski definition) is 2. The van der Waals surface area contributed by atoms with Gasteiger partial charge in [0.1, 0.15) is 6.26 Å². The molecule has 1 aromatic rings. The Morgan fingerprint density at radius 1 is 1.75 bits per heavy atom. The number of amides is 1. The number of aliphatic hydroxyl groups is 1. The molecule has 1 fully saturated rings. The summed E-state index contributed by atoms with van der Waals surface area (Å²) in [6.07, 6.45) is 2.11. The molecule has 1 aromatic heterocycles. The van der Waals surface area contributed by atoms with Crippen molar-refractivity contribution in [3.63, 3.8) is 0 Å². The predicted octanol–water partition coefficient (Wildman–Crippen LogP) is 1.64. The summed E-state index contributed by atoms with van der Waals surface area (Å²) in [5, 5.41) is 12.7. The monoisotopic (exact) mass is 305 g/mol. The Kier molecular flexibility index (Phi) is 3.61. The van der Waals surface area contributed by atoms with Crippen molar-refractivity contribution in [3.05, 3.63) is 22.6 Å². The van der Waals surface area contributed by atoms with Crippen molar-refractivity contribution in [2.45, 2.75) is 12.0 Å². The topological polar surface area (TPSA) is 62.5 Å². The van der Waals surface area contributed by atoms with Gasteiger partial charge in [-0.1, -0.05) is 0 Å². The van der Waals surface area contributed by atoms with Crippen LogP contribution < -0.4 is 5.32 Å². The van der Waals surface area contributed by atoms with Gasteiger partial charge in [-0.3, -0.25) is 4.79 Å². The van der Waals surface area contributed by atoms with E-state index >= 15 is 0 Å². The summed E-state index contributed by atoms with van der Waals surface area (Å²) in [4.78, 5) is 11.6. The Morgan fingerprint density at radius 3 is 3.12 bits per heavy atom. The minimum atomic E-state index is -0.749. The molecule has 88 valence electrons. The minimum Gasteiger partial charge on any atom is -0.457 e. The van der Waals surface area contributed by atoms with Crippen molar-refractivity contribution in [1.29, 1.82) is 0 Å². The van der Waals surface area contributed by atoms with Crippen LogP contribution in [0.25, 0.3) is 0 Å². The van der Waals surface area contributed by atoms with Crippen molar-refractivity contribution in [2.24, 2.45) is 0 Å². The van der Waals surface area contributed by atoms with Gasteiger partial charge in [-0.2, -0.15) is 11.8 Å². The molecule has 1 amide bonds. The Morgan fingerprint density at radius 2 is 2.56 bits per heavy atom. The van der Waals surface area contributed by atoms with Gasteiger partial charge in [0.15, 0.2) is 4.67 Å². The van der Waals surface area contributed by atoms with E-state index in [2.05, 4.69) is 21.2 Å². The molecule has 1 aliphatic heterocycles. The molecule has 1 atom stereocenters. The van der Waals surface area contributed by atoms with Crippen LogP contribution in [0.2, 0.25) is 0 Å². The summed E-state index contributed by atoms with van der Waals surface area (Å²) in [5.41, 5.74) is -0.289. The zero-order chi connectivity index (χ0) is 11.6. The van der Waals surface area contributed by atoms with Gasteiger partial charge in [-0.25, -0.2) is 0 Å². The maximum Gasteiger partial charge on any atom is 0.254 e. The van der Waals surface area contributed by atoms with Crippen LogP contribution in [0.4, 0.5) is 0 Å². The fourth-order valence-corrected chi connectivity index (χ4v) is 3.15. The molecule has 4 nitrogen and oxygen atoms in total. The quantitative estimate of drug-likeness (QED) is 0.891. The van der Waals surface area contributed by atoms with E-state index in [1.54, 1.807) is 17.8 Å². The molecule has 2 rings (SSSR count). The van der Waals surface area contributed by atoms with E-state index in [9.17, 15) is 9.90 Å². The second kappa shape index (κ2) is 4.81. The molecule has 2 heterocycles. The first-order valence-electron chi connectivity index (χ1n) is 4.91. The lowest BCUT2D eigenvalue weighted by molar-refractivity contribution is 0.0612. The highest BCUT2D eigenvalue weighted by atomic mass is 79.9. The Hall–Kier alpha value is -0.460. The summed E-state index contributed by atoms with van der Waals surface area (Å²) >= 11 is 4.83. The number of carbonyl (C=O) groups excluding carboxylic acids is 1. The summed E-state index contributed by atoms with van der Waals surface area (Å²) in [5.74, 6) is 1.41. The van der Waals surface area contributed by atoms with E-state index < -0.39 is 5.60 Å². The minimum absolute atomic E-state index is 0.222. The molecule has 0 saturated carbocycles. The number of rotatable bonds is 3. The average Bonchev–Trinajstić information content (AvgIpc) is 2.85. The molecular formula is C10H12BrNO3S. The van der Waals surface area contributed by atoms with E-state index in [0.29, 0.717) is 22.5 Å². The Bertz CT molecular complexity index is 387. The molecule has 16 heavy (non-hydrogen) atoms. The summed E-state index contributed by atoms with van der Waals surface area (Å²) in [7, 11) is 0. The highest BCUT2D eigenvalue weighted by Crippen LogP contribution is 2.27. The molecule has 1 saturated heterocycles. The number of thioether (sulfide) groups is 1. The lowest BCUT2D eigenvalue weighted by atomic mass is 10.0. The molecule has 0 radical (unpaired) electrons. The third kappa shape index (κ3) is 2.81. The molecule has 0 aliphatic carbocycles. The molecule has 0 spiro atoms. The van der Waals surface area contributed by atoms with Crippen molar-refractivity contribution in [3.8, 4) is 0 Å². The Balaban J connectivity index is 1.88. The second-order valence-electron chi connectivity index (χ2n) is 3.85. The number of furan rings is 1. The molecule has 0 bridgehead atoms. The van der Waals surface area contributed by atoms with Gasteiger partial charge in [0.05, 0.1) is 11.2 Å². The third-order valence-electron chi connectivity index (χ3n) is 2.49. The summed E-state index contributed by atoms with van der Waals surface area (Å²) in [6.45, 7) is 0.293. The van der Waals surface area contributed by atoms with Crippen LogP contribution in [0.15, 0.2) is 21.4 Å². The van der Waals surface area contributed by atoms with Crippen molar-refractivity contribution >= 4 is 33.6 Å². The normalized spacial score (nSPS) is 24.6. The zero-order valence-electron chi connectivity index (χ0n) is 8.53. The van der Waals surface area contributed by atoms with Gasteiger partial charge < -0.3 is 14.8 Å². The summed E-state index contributed by atoms with van der Waals surface area (Å²) < 4.78 is 5.49. The maximum atomic E-state index is 11.6. The molecule has 0 aromatic carbocycles. The van der Waals surface area contributed by atoms with Gasteiger partial charge in [-0.15, -0.1) is 0 Å².